The zero-order valence-electron chi connectivity index (χ0n) is 40.9. The first-order chi connectivity index (χ1) is 35.5. The highest BCUT2D eigenvalue weighted by molar-refractivity contribution is 6.36. The number of rotatable bonds is 13. The quantitative estimate of drug-likeness (QED) is 0.112. The molecule has 3 N–H and O–H groups in total. The Labute approximate surface area is 428 Å². The number of phenolic OH excluding ortho intramolecular Hbond substituents is 2. The number of likely N-dealkylation sites (tertiary alicyclic amines) is 1. The van der Waals surface area contributed by atoms with Crippen LogP contribution in [-0.2, 0) is 29.1 Å². The standard InChI is InChI=1S/C54H59ClN12O6/c1-3-48(70)66-27-26-65(33-40(66)14-18-56)50-41-17-21-64(45-9-5-7-37-6-4-8-43(55)49(37)45)34-44(41)57-53(58-50)73-29-28-61-22-24-63(25-23-61)52(71)38-15-19-62(20-16-38)32-36-10-12-39(13-11-36)67-51(59-60-54(67)72)42-30-35(2)46(68)31-47(42)69/h3-13,30-31,38,40,68-69H,1,14-17,19-29,32-34H2,2H3,(H,60,72)/t40-/m0/s1. The molecule has 2 aromatic heterocycles. The van der Waals surface area contributed by atoms with Crippen molar-refractivity contribution in [1.82, 2.24) is 44.3 Å². The number of piperidine rings is 1. The number of ether oxygens (including phenoxy) is 1. The highest BCUT2D eigenvalue weighted by Crippen LogP contribution is 2.39. The number of aromatic hydroxyl groups is 3. The third kappa shape index (κ3) is 10.3. The molecule has 2 amide bonds. The van der Waals surface area contributed by atoms with Crippen LogP contribution in [-0.4, -0.2) is 156 Å². The molecular weight excluding hydrogens is 948 g/mol. The van der Waals surface area contributed by atoms with Crippen molar-refractivity contribution in [3.05, 3.63) is 113 Å². The second-order valence-electron chi connectivity index (χ2n) is 19.3. The van der Waals surface area contributed by atoms with Crippen LogP contribution in [0.2, 0.25) is 5.02 Å². The van der Waals surface area contributed by atoms with Crippen LogP contribution >= 0.6 is 11.6 Å². The number of piperazine rings is 2. The van der Waals surface area contributed by atoms with Crippen LogP contribution in [0.4, 0.5) is 11.5 Å². The number of nitrogens with zero attached hydrogens (tertiary/aromatic N) is 12. The Balaban J connectivity index is 0.734. The molecule has 0 bridgehead atoms. The summed E-state index contributed by atoms with van der Waals surface area (Å²) >= 11 is 6.79. The van der Waals surface area contributed by atoms with Crippen molar-refractivity contribution in [3.63, 3.8) is 0 Å². The molecule has 73 heavy (non-hydrogen) atoms. The van der Waals surface area contributed by atoms with Gasteiger partial charge in [-0.15, -0.1) is 5.10 Å². The second-order valence-corrected chi connectivity index (χ2v) is 19.7. The summed E-state index contributed by atoms with van der Waals surface area (Å²) in [6.45, 7) is 14.2. The molecule has 6 aromatic rings. The highest BCUT2D eigenvalue weighted by Gasteiger charge is 2.35. The Morgan fingerprint density at radius 3 is 2.40 bits per heavy atom. The number of phenols is 2. The van der Waals surface area contributed by atoms with Gasteiger partial charge in [0.2, 0.25) is 11.8 Å². The Morgan fingerprint density at radius 2 is 1.64 bits per heavy atom. The predicted molar refractivity (Wildman–Crippen MR) is 277 cm³/mol. The van der Waals surface area contributed by atoms with Crippen molar-refractivity contribution in [2.45, 2.75) is 51.7 Å². The lowest BCUT2D eigenvalue weighted by atomic mass is 9.94. The molecule has 4 aliphatic heterocycles. The third-order valence-corrected chi connectivity index (χ3v) is 15.1. The summed E-state index contributed by atoms with van der Waals surface area (Å²) in [5.41, 5.74) is 5.54. The SMILES string of the molecule is C=CC(=O)N1CCN(c2nc(OCCN3CCN(C(=O)C4CCN(Cc5ccc(-n6c(O)nnc6-c6cc(C)c(O)cc6O)cc5)CC4)CC3)nc3c2CCN(c2cccc4cccc(Cl)c24)C3)C[C@@H]1CC#N. The predicted octanol–water partition coefficient (Wildman–Crippen LogP) is 6.07. The van der Waals surface area contributed by atoms with E-state index >= 15 is 0 Å². The van der Waals surface area contributed by atoms with E-state index in [2.05, 4.69) is 66.7 Å². The third-order valence-electron chi connectivity index (χ3n) is 14.8. The number of benzene rings is 4. The van der Waals surface area contributed by atoms with E-state index in [1.54, 1.807) is 17.9 Å². The van der Waals surface area contributed by atoms with Gasteiger partial charge in [0.25, 0.3) is 0 Å². The fourth-order valence-corrected chi connectivity index (χ4v) is 11.1. The van der Waals surface area contributed by atoms with Crippen LogP contribution in [0.5, 0.6) is 23.5 Å². The summed E-state index contributed by atoms with van der Waals surface area (Å²) in [6, 6.07) is 24.7. The van der Waals surface area contributed by atoms with E-state index in [0.717, 1.165) is 91.2 Å². The van der Waals surface area contributed by atoms with Crippen LogP contribution in [0.3, 0.4) is 0 Å². The number of aryl methyl sites for hydroxylation is 1. The minimum atomic E-state index is -0.321. The van der Waals surface area contributed by atoms with Crippen LogP contribution in [0.25, 0.3) is 27.8 Å². The zero-order valence-corrected chi connectivity index (χ0v) is 41.7. The van der Waals surface area contributed by atoms with E-state index in [0.29, 0.717) is 80.7 Å². The molecule has 18 nitrogen and oxygen atoms in total. The molecule has 19 heteroatoms. The van der Waals surface area contributed by atoms with Gasteiger partial charge in [0, 0.05) is 94.1 Å². The summed E-state index contributed by atoms with van der Waals surface area (Å²) in [5, 5.41) is 51.6. The number of fused-ring (bicyclic) bond motifs is 2. The summed E-state index contributed by atoms with van der Waals surface area (Å²) < 4.78 is 7.85. The van der Waals surface area contributed by atoms with Crippen LogP contribution in [0.15, 0.2) is 85.5 Å². The number of anilines is 2. The molecule has 3 fully saturated rings. The molecular formula is C54H59ClN12O6. The van der Waals surface area contributed by atoms with E-state index in [4.69, 9.17) is 26.3 Å². The number of carbonyl (C=O) groups is 2. The number of hydrogen-bond acceptors (Lipinski definition) is 15. The van der Waals surface area contributed by atoms with Gasteiger partial charge in [-0.3, -0.25) is 19.4 Å². The average molecular weight is 1010 g/mol. The van der Waals surface area contributed by atoms with Crippen molar-refractivity contribution in [3.8, 4) is 46.7 Å². The van der Waals surface area contributed by atoms with Crippen LogP contribution in [0, 0.1) is 24.2 Å². The maximum atomic E-state index is 13.8. The van der Waals surface area contributed by atoms with Gasteiger partial charge >= 0.3 is 12.0 Å². The summed E-state index contributed by atoms with van der Waals surface area (Å²) in [4.78, 5) is 49.6. The fourth-order valence-electron chi connectivity index (χ4n) is 10.8. The molecule has 4 aromatic carbocycles. The van der Waals surface area contributed by atoms with Crippen LogP contribution in [0.1, 0.15) is 41.6 Å². The second kappa shape index (κ2) is 21.3. The first-order valence-corrected chi connectivity index (χ1v) is 25.3. The molecule has 3 saturated heterocycles. The molecule has 0 saturated carbocycles. The van der Waals surface area contributed by atoms with Gasteiger partial charge in [-0.2, -0.15) is 15.2 Å². The first-order valence-electron chi connectivity index (χ1n) is 25.0. The number of amides is 2. The normalized spacial score (nSPS) is 17.9. The molecule has 10 rings (SSSR count). The van der Waals surface area contributed by atoms with Crippen molar-refractivity contribution >= 4 is 45.7 Å². The molecule has 6 heterocycles. The first kappa shape index (κ1) is 49.1. The van der Waals surface area contributed by atoms with Gasteiger partial charge in [-0.25, -0.2) is 4.57 Å². The fraction of sp³-hybridized carbons (Fsp3) is 0.389. The molecule has 1 atom stereocenters. The largest absolute Gasteiger partial charge is 0.508 e. The maximum Gasteiger partial charge on any atom is 0.319 e. The van der Waals surface area contributed by atoms with E-state index in [-0.39, 0.29) is 59.5 Å². The highest BCUT2D eigenvalue weighted by atomic mass is 35.5. The summed E-state index contributed by atoms with van der Waals surface area (Å²) in [5.74, 6) is 0.829. The van der Waals surface area contributed by atoms with Crippen molar-refractivity contribution in [2.24, 2.45) is 5.92 Å². The molecule has 378 valence electrons. The topological polar surface area (TPSA) is 204 Å². The number of halogens is 1. The van der Waals surface area contributed by atoms with Gasteiger partial charge in [0.15, 0.2) is 5.82 Å². The van der Waals surface area contributed by atoms with Gasteiger partial charge in [-0.05, 0) is 92.2 Å². The molecule has 0 aliphatic carbocycles. The molecule has 0 spiro atoms. The monoisotopic (exact) mass is 1010 g/mol. The molecule has 0 radical (unpaired) electrons. The Bertz CT molecular complexity index is 3070. The van der Waals surface area contributed by atoms with Gasteiger partial charge in [-0.1, -0.05) is 59.7 Å². The minimum Gasteiger partial charge on any atom is -0.508 e. The van der Waals surface area contributed by atoms with E-state index in [1.807, 2.05) is 41.3 Å². The van der Waals surface area contributed by atoms with E-state index < -0.39 is 0 Å². The summed E-state index contributed by atoms with van der Waals surface area (Å²) in [6.07, 6.45) is 3.77. The average Bonchev–Trinajstić information content (AvgIpc) is 3.79. The van der Waals surface area contributed by atoms with E-state index in [9.17, 15) is 30.2 Å². The van der Waals surface area contributed by atoms with Crippen LogP contribution < -0.4 is 14.5 Å². The Morgan fingerprint density at radius 1 is 0.877 bits per heavy atom. The number of aromatic nitrogens is 5. The van der Waals surface area contributed by atoms with Gasteiger partial charge < -0.3 is 39.7 Å². The smallest absolute Gasteiger partial charge is 0.319 e. The number of nitriles is 1. The zero-order chi connectivity index (χ0) is 50.8. The summed E-state index contributed by atoms with van der Waals surface area (Å²) in [7, 11) is 0. The minimum absolute atomic E-state index is 0.0203. The number of carbonyl (C=O) groups excluding carboxylic acids is 2. The molecule has 4 aliphatic rings. The maximum absolute atomic E-state index is 13.8. The lowest BCUT2D eigenvalue weighted by Gasteiger charge is -2.42. The molecule has 0 unspecified atom stereocenters. The van der Waals surface area contributed by atoms with Crippen molar-refractivity contribution in [1.29, 1.82) is 5.26 Å². The van der Waals surface area contributed by atoms with Gasteiger partial charge in [0.1, 0.15) is 23.9 Å². The van der Waals surface area contributed by atoms with Gasteiger partial charge in [0.05, 0.1) is 47.0 Å². The Kier molecular flexibility index (Phi) is 14.4. The lowest BCUT2D eigenvalue weighted by Crippen LogP contribution is -2.55. The lowest BCUT2D eigenvalue weighted by molar-refractivity contribution is -0.139. The number of hydrogen-bond donors (Lipinski definition) is 3. The Hall–Kier alpha value is -7.46. The van der Waals surface area contributed by atoms with E-state index in [1.165, 1.54) is 16.7 Å². The van der Waals surface area contributed by atoms with Crippen molar-refractivity contribution < 1.29 is 29.6 Å². The van der Waals surface area contributed by atoms with Crippen molar-refractivity contribution in [2.75, 3.05) is 88.4 Å².